The molecule has 18 heavy (non-hydrogen) atoms. The van der Waals surface area contributed by atoms with Crippen LogP contribution >= 0.6 is 0 Å². The number of ether oxygens (including phenoxy) is 1. The Kier molecular flexibility index (Phi) is 5.49. The second-order valence-electron chi connectivity index (χ2n) is 4.53. The summed E-state index contributed by atoms with van der Waals surface area (Å²) in [7, 11) is 0. The molecule has 1 amide bonds. The van der Waals surface area contributed by atoms with Gasteiger partial charge in [0.2, 0.25) is 0 Å². The fraction of sp³-hybridized carbons (Fsp3) is 0.500. The molecule has 100 valence electrons. The van der Waals surface area contributed by atoms with Crippen LogP contribution in [0.5, 0.6) is 5.75 Å². The van der Waals surface area contributed by atoms with E-state index >= 15 is 0 Å². The van der Waals surface area contributed by atoms with Crippen LogP contribution in [-0.2, 0) is 0 Å². The average molecular weight is 250 g/mol. The van der Waals surface area contributed by atoms with E-state index in [0.29, 0.717) is 23.5 Å². The summed E-state index contributed by atoms with van der Waals surface area (Å²) in [6.45, 7) is 6.61. The molecule has 0 saturated heterocycles. The number of benzene rings is 1. The number of nitrogens with two attached hydrogens (primary N) is 1. The predicted octanol–water partition coefficient (Wildman–Crippen LogP) is 2.59. The number of hydrogen-bond acceptors (Lipinski definition) is 3. The van der Waals surface area contributed by atoms with Gasteiger partial charge in [-0.2, -0.15) is 0 Å². The zero-order valence-corrected chi connectivity index (χ0v) is 11.3. The number of hydrogen-bond donors (Lipinski definition) is 2. The van der Waals surface area contributed by atoms with Gasteiger partial charge in [-0.25, -0.2) is 0 Å². The summed E-state index contributed by atoms with van der Waals surface area (Å²) in [5, 5.41) is 2.87. The molecule has 0 heterocycles. The van der Waals surface area contributed by atoms with E-state index in [0.717, 1.165) is 12.8 Å². The van der Waals surface area contributed by atoms with E-state index in [4.69, 9.17) is 10.5 Å². The third-order valence-corrected chi connectivity index (χ3v) is 2.43. The maximum Gasteiger partial charge on any atom is 0.255 e. The molecular weight excluding hydrogens is 228 g/mol. The first-order chi connectivity index (χ1) is 8.54. The van der Waals surface area contributed by atoms with E-state index in [-0.39, 0.29) is 12.0 Å². The van der Waals surface area contributed by atoms with Gasteiger partial charge in [-0.3, -0.25) is 4.79 Å². The summed E-state index contributed by atoms with van der Waals surface area (Å²) < 4.78 is 5.61. The minimum Gasteiger partial charge on any atom is -0.490 e. The molecule has 0 aliphatic rings. The molecule has 0 saturated carbocycles. The van der Waals surface area contributed by atoms with Gasteiger partial charge in [-0.05, 0) is 38.5 Å². The summed E-state index contributed by atoms with van der Waals surface area (Å²) in [5.41, 5.74) is 6.78. The molecule has 0 unspecified atom stereocenters. The molecule has 3 N–H and O–H groups in total. The van der Waals surface area contributed by atoms with Crippen LogP contribution in [0.15, 0.2) is 18.2 Å². The Bertz CT molecular complexity index is 403. The molecule has 4 nitrogen and oxygen atoms in total. The Morgan fingerprint density at radius 1 is 1.44 bits per heavy atom. The molecule has 0 aliphatic heterocycles. The largest absolute Gasteiger partial charge is 0.490 e. The molecule has 1 aromatic rings. The van der Waals surface area contributed by atoms with E-state index in [2.05, 4.69) is 12.2 Å². The zero-order valence-electron chi connectivity index (χ0n) is 11.3. The van der Waals surface area contributed by atoms with Gasteiger partial charge in [0.25, 0.3) is 5.91 Å². The standard InChI is InChI=1S/C14H22N2O2/c1-4-5-8-16-14(17)12-9-11(15)6-7-13(12)18-10(2)3/h6-7,9-10H,4-5,8,15H2,1-3H3,(H,16,17). The third-order valence-electron chi connectivity index (χ3n) is 2.43. The highest BCUT2D eigenvalue weighted by Gasteiger charge is 2.13. The fourth-order valence-corrected chi connectivity index (χ4v) is 1.56. The van der Waals surface area contributed by atoms with Crippen LogP contribution < -0.4 is 15.8 Å². The van der Waals surface area contributed by atoms with Crippen molar-refractivity contribution >= 4 is 11.6 Å². The number of amides is 1. The van der Waals surface area contributed by atoms with Crippen LogP contribution in [0, 0.1) is 0 Å². The van der Waals surface area contributed by atoms with Crippen molar-refractivity contribution in [2.24, 2.45) is 0 Å². The van der Waals surface area contributed by atoms with Gasteiger partial charge in [0, 0.05) is 12.2 Å². The lowest BCUT2D eigenvalue weighted by Gasteiger charge is -2.14. The van der Waals surface area contributed by atoms with Gasteiger partial charge in [0.1, 0.15) is 5.75 Å². The van der Waals surface area contributed by atoms with Crippen molar-refractivity contribution in [3.05, 3.63) is 23.8 Å². The van der Waals surface area contributed by atoms with Crippen molar-refractivity contribution in [3.63, 3.8) is 0 Å². The normalized spacial score (nSPS) is 10.4. The first kappa shape index (κ1) is 14.4. The molecule has 0 aliphatic carbocycles. The zero-order chi connectivity index (χ0) is 13.5. The molecule has 4 heteroatoms. The van der Waals surface area contributed by atoms with Gasteiger partial charge in [-0.1, -0.05) is 13.3 Å². The van der Waals surface area contributed by atoms with Crippen LogP contribution in [0.3, 0.4) is 0 Å². The first-order valence-electron chi connectivity index (χ1n) is 6.39. The van der Waals surface area contributed by atoms with Gasteiger partial charge in [0.15, 0.2) is 0 Å². The Morgan fingerprint density at radius 3 is 2.78 bits per heavy atom. The molecular formula is C14H22N2O2. The minimum atomic E-state index is -0.133. The molecule has 0 spiro atoms. The molecule has 0 aromatic heterocycles. The quantitative estimate of drug-likeness (QED) is 0.602. The van der Waals surface area contributed by atoms with E-state index < -0.39 is 0 Å². The topological polar surface area (TPSA) is 64.4 Å². The molecule has 0 fully saturated rings. The van der Waals surface area contributed by atoms with E-state index in [9.17, 15) is 4.79 Å². The van der Waals surface area contributed by atoms with Crippen molar-refractivity contribution < 1.29 is 9.53 Å². The van der Waals surface area contributed by atoms with Crippen LogP contribution in [0.25, 0.3) is 0 Å². The molecule has 0 radical (unpaired) electrons. The molecule has 0 bridgehead atoms. The van der Waals surface area contributed by atoms with Crippen molar-refractivity contribution in [1.29, 1.82) is 0 Å². The molecule has 1 rings (SSSR count). The lowest BCUT2D eigenvalue weighted by atomic mass is 10.1. The Hall–Kier alpha value is -1.71. The predicted molar refractivity (Wildman–Crippen MR) is 73.9 cm³/mol. The summed E-state index contributed by atoms with van der Waals surface area (Å²) >= 11 is 0. The van der Waals surface area contributed by atoms with E-state index in [1.54, 1.807) is 18.2 Å². The third kappa shape index (κ3) is 4.28. The van der Waals surface area contributed by atoms with Gasteiger partial charge >= 0.3 is 0 Å². The monoisotopic (exact) mass is 250 g/mol. The highest BCUT2D eigenvalue weighted by molar-refractivity contribution is 5.97. The average Bonchev–Trinajstić information content (AvgIpc) is 2.31. The number of anilines is 1. The summed E-state index contributed by atoms with van der Waals surface area (Å²) in [6, 6.07) is 5.13. The van der Waals surface area contributed by atoms with Gasteiger partial charge < -0.3 is 15.8 Å². The molecule has 0 atom stereocenters. The number of nitrogen functional groups attached to an aromatic ring is 1. The van der Waals surface area contributed by atoms with E-state index in [1.807, 2.05) is 13.8 Å². The van der Waals surface area contributed by atoms with Crippen molar-refractivity contribution in [3.8, 4) is 5.75 Å². The summed E-state index contributed by atoms with van der Waals surface area (Å²) in [4.78, 5) is 12.0. The SMILES string of the molecule is CCCCNC(=O)c1cc(N)ccc1OC(C)C. The van der Waals surface area contributed by atoms with Gasteiger partial charge in [0.05, 0.1) is 11.7 Å². The Morgan fingerprint density at radius 2 is 2.17 bits per heavy atom. The Balaban J connectivity index is 2.83. The number of carbonyl (C=O) groups excluding carboxylic acids is 1. The van der Waals surface area contributed by atoms with E-state index in [1.165, 1.54) is 0 Å². The maximum atomic E-state index is 12.0. The van der Waals surface area contributed by atoms with Crippen LogP contribution in [0.1, 0.15) is 44.0 Å². The number of rotatable bonds is 6. The summed E-state index contributed by atoms with van der Waals surface area (Å²) in [6.07, 6.45) is 2.04. The highest BCUT2D eigenvalue weighted by atomic mass is 16.5. The second kappa shape index (κ2) is 6.89. The van der Waals surface area contributed by atoms with Crippen LogP contribution in [0.2, 0.25) is 0 Å². The maximum absolute atomic E-state index is 12.0. The second-order valence-corrected chi connectivity index (χ2v) is 4.53. The van der Waals surface area contributed by atoms with Crippen molar-refractivity contribution in [1.82, 2.24) is 5.32 Å². The van der Waals surface area contributed by atoms with Crippen molar-refractivity contribution in [2.45, 2.75) is 39.7 Å². The fourth-order valence-electron chi connectivity index (χ4n) is 1.56. The number of carbonyl (C=O) groups is 1. The number of unbranched alkanes of at least 4 members (excludes halogenated alkanes) is 1. The lowest BCUT2D eigenvalue weighted by Crippen LogP contribution is -2.25. The lowest BCUT2D eigenvalue weighted by molar-refractivity contribution is 0.0947. The van der Waals surface area contributed by atoms with Crippen molar-refractivity contribution in [2.75, 3.05) is 12.3 Å². The minimum absolute atomic E-state index is 0.0239. The molecule has 1 aromatic carbocycles. The van der Waals surface area contributed by atoms with Crippen LogP contribution in [0.4, 0.5) is 5.69 Å². The summed E-state index contributed by atoms with van der Waals surface area (Å²) in [5.74, 6) is 0.444. The first-order valence-corrected chi connectivity index (χ1v) is 6.39. The highest BCUT2D eigenvalue weighted by Crippen LogP contribution is 2.22. The smallest absolute Gasteiger partial charge is 0.255 e. The Labute approximate surface area is 109 Å². The number of nitrogens with one attached hydrogen (secondary N) is 1. The van der Waals surface area contributed by atoms with Gasteiger partial charge in [-0.15, -0.1) is 0 Å². The van der Waals surface area contributed by atoms with Crippen LogP contribution in [-0.4, -0.2) is 18.6 Å².